The van der Waals surface area contributed by atoms with E-state index in [-0.39, 0.29) is 18.4 Å². The molecule has 0 aliphatic carbocycles. The van der Waals surface area contributed by atoms with Gasteiger partial charge in [0.25, 0.3) is 5.91 Å². The van der Waals surface area contributed by atoms with Crippen LogP contribution in [0.1, 0.15) is 35.1 Å². The Bertz CT molecular complexity index is 680. The molecule has 0 aliphatic rings. The van der Waals surface area contributed by atoms with Crippen LogP contribution in [0.15, 0.2) is 24.3 Å². The fourth-order valence-electron chi connectivity index (χ4n) is 2.32. The summed E-state index contributed by atoms with van der Waals surface area (Å²) in [7, 11) is 0. The molecule has 1 atom stereocenters. The van der Waals surface area contributed by atoms with E-state index in [0.29, 0.717) is 23.6 Å². The molecule has 2 aromatic rings. The molecular formula is C17H22ClN3O2. The molecule has 1 heterocycles. The number of nitrogens with zero attached hydrogens (tertiary/aromatic N) is 2. The number of benzene rings is 1. The maximum atomic E-state index is 12.1. The Kier molecular flexibility index (Phi) is 5.80. The summed E-state index contributed by atoms with van der Waals surface area (Å²) in [5, 5.41) is 16.8. The summed E-state index contributed by atoms with van der Waals surface area (Å²) in [6.07, 6.45) is 0.678. The summed E-state index contributed by atoms with van der Waals surface area (Å²) in [4.78, 5) is 12.1. The van der Waals surface area contributed by atoms with Gasteiger partial charge in [-0.25, -0.2) is 4.68 Å². The molecule has 6 heteroatoms. The first-order chi connectivity index (χ1) is 10.9. The van der Waals surface area contributed by atoms with Gasteiger partial charge in [0, 0.05) is 18.7 Å². The summed E-state index contributed by atoms with van der Waals surface area (Å²) >= 11 is 6.16. The van der Waals surface area contributed by atoms with Gasteiger partial charge < -0.3 is 10.4 Å². The van der Waals surface area contributed by atoms with Crippen molar-refractivity contribution < 1.29 is 9.90 Å². The van der Waals surface area contributed by atoms with Crippen molar-refractivity contribution in [3.63, 3.8) is 0 Å². The molecule has 0 saturated carbocycles. The number of amides is 1. The van der Waals surface area contributed by atoms with Crippen molar-refractivity contribution in [2.45, 2.75) is 27.2 Å². The number of aryl methyl sites for hydroxylation is 1. The lowest BCUT2D eigenvalue weighted by Crippen LogP contribution is -2.28. The minimum absolute atomic E-state index is 0.118. The second-order valence-electron chi connectivity index (χ2n) is 5.77. The van der Waals surface area contributed by atoms with Gasteiger partial charge in [-0.05, 0) is 50.5 Å². The Balaban J connectivity index is 2.07. The fraction of sp³-hybridized carbons (Fsp3) is 0.412. The zero-order valence-electron chi connectivity index (χ0n) is 13.6. The minimum Gasteiger partial charge on any atom is -0.396 e. The predicted molar refractivity (Wildman–Crippen MR) is 91.2 cm³/mol. The van der Waals surface area contributed by atoms with Crippen LogP contribution < -0.4 is 5.32 Å². The molecule has 2 rings (SSSR count). The molecule has 2 N–H and O–H groups in total. The van der Waals surface area contributed by atoms with Crippen LogP contribution in [0.3, 0.4) is 0 Å². The smallest absolute Gasteiger partial charge is 0.251 e. The molecule has 0 bridgehead atoms. The summed E-state index contributed by atoms with van der Waals surface area (Å²) in [5.41, 5.74) is 3.11. The summed E-state index contributed by atoms with van der Waals surface area (Å²) in [6.45, 7) is 6.45. The van der Waals surface area contributed by atoms with E-state index in [1.165, 1.54) is 0 Å². The quantitative estimate of drug-likeness (QED) is 0.853. The Morgan fingerprint density at radius 1 is 1.35 bits per heavy atom. The maximum Gasteiger partial charge on any atom is 0.251 e. The van der Waals surface area contributed by atoms with Crippen molar-refractivity contribution in [2.24, 2.45) is 5.92 Å². The molecule has 1 unspecified atom stereocenters. The van der Waals surface area contributed by atoms with Gasteiger partial charge in [0.1, 0.15) is 0 Å². The highest BCUT2D eigenvalue weighted by molar-refractivity contribution is 6.31. The minimum atomic E-state index is -0.118. The molecule has 0 radical (unpaired) electrons. The lowest BCUT2D eigenvalue weighted by molar-refractivity contribution is 0.0945. The number of halogens is 1. The number of carbonyl (C=O) groups excluding carboxylic acids is 1. The molecule has 5 nitrogen and oxygen atoms in total. The van der Waals surface area contributed by atoms with Crippen LogP contribution >= 0.6 is 11.6 Å². The van der Waals surface area contributed by atoms with Gasteiger partial charge >= 0.3 is 0 Å². The van der Waals surface area contributed by atoms with Gasteiger partial charge in [-0.3, -0.25) is 4.79 Å². The van der Waals surface area contributed by atoms with E-state index in [4.69, 9.17) is 16.7 Å². The van der Waals surface area contributed by atoms with E-state index < -0.39 is 0 Å². The second-order valence-corrected chi connectivity index (χ2v) is 6.15. The summed E-state index contributed by atoms with van der Waals surface area (Å²) in [6, 6.07) is 7.24. The van der Waals surface area contributed by atoms with Crippen molar-refractivity contribution in [2.75, 3.05) is 13.2 Å². The van der Waals surface area contributed by atoms with E-state index in [2.05, 4.69) is 10.4 Å². The van der Waals surface area contributed by atoms with E-state index in [0.717, 1.165) is 17.1 Å². The first kappa shape index (κ1) is 17.5. The van der Waals surface area contributed by atoms with Crippen molar-refractivity contribution in [1.29, 1.82) is 0 Å². The predicted octanol–water partition coefficient (Wildman–Crippen LogP) is 2.89. The Morgan fingerprint density at radius 2 is 2.00 bits per heavy atom. The zero-order valence-corrected chi connectivity index (χ0v) is 14.4. The standard InChI is InChI=1S/C17H22ClN3O2/c1-11(8-9-22)10-19-17(23)14-4-6-15(7-5-14)21-13(3)16(18)12(2)20-21/h4-7,11,22H,8-10H2,1-3H3,(H,19,23). The third-order valence-electron chi connectivity index (χ3n) is 3.81. The summed E-state index contributed by atoms with van der Waals surface area (Å²) in [5.74, 6) is 0.132. The fourth-order valence-corrected chi connectivity index (χ4v) is 2.44. The van der Waals surface area contributed by atoms with Gasteiger partial charge in [0.2, 0.25) is 0 Å². The molecule has 0 aliphatic heterocycles. The second kappa shape index (κ2) is 7.62. The number of aromatic nitrogens is 2. The number of rotatable bonds is 6. The van der Waals surface area contributed by atoms with Crippen LogP contribution in [0.4, 0.5) is 0 Å². The molecule has 124 valence electrons. The average molecular weight is 336 g/mol. The first-order valence-electron chi connectivity index (χ1n) is 7.65. The SMILES string of the molecule is Cc1nn(-c2ccc(C(=O)NCC(C)CCO)cc2)c(C)c1Cl. The van der Waals surface area contributed by atoms with E-state index in [9.17, 15) is 4.79 Å². The van der Waals surface area contributed by atoms with E-state index >= 15 is 0 Å². The van der Waals surface area contributed by atoms with Gasteiger partial charge in [-0.15, -0.1) is 0 Å². The van der Waals surface area contributed by atoms with Crippen LogP contribution in [0, 0.1) is 19.8 Å². The number of carbonyl (C=O) groups is 1. The molecule has 0 fully saturated rings. The number of hydrogen-bond donors (Lipinski definition) is 2. The van der Waals surface area contributed by atoms with Crippen LogP contribution in [-0.2, 0) is 0 Å². The van der Waals surface area contributed by atoms with Crippen LogP contribution in [0.25, 0.3) is 5.69 Å². The third-order valence-corrected chi connectivity index (χ3v) is 4.36. The Labute approximate surface area is 141 Å². The topological polar surface area (TPSA) is 67.2 Å². The summed E-state index contributed by atoms with van der Waals surface area (Å²) < 4.78 is 1.77. The van der Waals surface area contributed by atoms with Crippen molar-refractivity contribution in [3.05, 3.63) is 46.2 Å². The van der Waals surface area contributed by atoms with Crippen LogP contribution in [0.5, 0.6) is 0 Å². The maximum absolute atomic E-state index is 12.1. The van der Waals surface area contributed by atoms with Gasteiger partial charge in [-0.1, -0.05) is 18.5 Å². The molecule has 0 spiro atoms. The van der Waals surface area contributed by atoms with Crippen molar-refractivity contribution in [3.8, 4) is 5.69 Å². The highest BCUT2D eigenvalue weighted by Crippen LogP contribution is 2.22. The number of nitrogens with one attached hydrogen (secondary N) is 1. The van der Waals surface area contributed by atoms with E-state index in [1.807, 2.05) is 32.9 Å². The molecule has 23 heavy (non-hydrogen) atoms. The molecule has 1 aromatic carbocycles. The van der Waals surface area contributed by atoms with Gasteiger partial charge in [0.15, 0.2) is 0 Å². The Morgan fingerprint density at radius 3 is 2.52 bits per heavy atom. The third kappa shape index (κ3) is 4.12. The van der Waals surface area contributed by atoms with Crippen molar-refractivity contribution >= 4 is 17.5 Å². The average Bonchev–Trinajstić information content (AvgIpc) is 2.80. The molecular weight excluding hydrogens is 314 g/mol. The Hall–Kier alpha value is -1.85. The zero-order chi connectivity index (χ0) is 17.0. The van der Waals surface area contributed by atoms with Crippen LogP contribution in [-0.4, -0.2) is 33.9 Å². The first-order valence-corrected chi connectivity index (χ1v) is 8.03. The lowest BCUT2D eigenvalue weighted by Gasteiger charge is -2.11. The molecule has 1 amide bonds. The molecule has 1 aromatic heterocycles. The highest BCUT2D eigenvalue weighted by atomic mass is 35.5. The van der Waals surface area contributed by atoms with Gasteiger partial charge in [0.05, 0.1) is 22.1 Å². The normalized spacial score (nSPS) is 12.2. The largest absolute Gasteiger partial charge is 0.396 e. The molecule has 0 saturated heterocycles. The van der Waals surface area contributed by atoms with Crippen molar-refractivity contribution in [1.82, 2.24) is 15.1 Å². The number of aliphatic hydroxyl groups is 1. The number of aliphatic hydroxyl groups excluding tert-OH is 1. The number of hydrogen-bond acceptors (Lipinski definition) is 3. The van der Waals surface area contributed by atoms with Crippen LogP contribution in [0.2, 0.25) is 5.02 Å². The lowest BCUT2D eigenvalue weighted by atomic mass is 10.1. The highest BCUT2D eigenvalue weighted by Gasteiger charge is 2.12. The van der Waals surface area contributed by atoms with Gasteiger partial charge in [-0.2, -0.15) is 5.10 Å². The van der Waals surface area contributed by atoms with E-state index in [1.54, 1.807) is 16.8 Å². The monoisotopic (exact) mass is 335 g/mol.